The normalized spacial score (nSPS) is 13.6. The van der Waals surface area contributed by atoms with Gasteiger partial charge in [0.15, 0.2) is 0 Å². The van der Waals surface area contributed by atoms with E-state index in [1.54, 1.807) is 29.0 Å². The lowest BCUT2D eigenvalue weighted by molar-refractivity contribution is -0.150. The van der Waals surface area contributed by atoms with Crippen LogP contribution in [0.1, 0.15) is 5.56 Å². The summed E-state index contributed by atoms with van der Waals surface area (Å²) in [5.41, 5.74) is 1.04. The predicted molar refractivity (Wildman–Crippen MR) is 103 cm³/mol. The number of rotatable bonds is 6. The van der Waals surface area contributed by atoms with Crippen LogP contribution in [0.15, 0.2) is 58.0 Å². The van der Waals surface area contributed by atoms with Gasteiger partial charge in [-0.25, -0.2) is 8.42 Å². The van der Waals surface area contributed by atoms with Gasteiger partial charge in [0.2, 0.25) is 10.0 Å². The van der Waals surface area contributed by atoms with Gasteiger partial charge in [-0.1, -0.05) is 34.1 Å². The molecule has 2 aromatic carbocycles. The molecule has 10 heteroatoms. The van der Waals surface area contributed by atoms with Gasteiger partial charge in [-0.15, -0.1) is 0 Å². The van der Waals surface area contributed by atoms with Crippen LogP contribution in [0.4, 0.5) is 13.2 Å². The lowest BCUT2D eigenvalue weighted by atomic mass is 10.1. The highest BCUT2D eigenvalue weighted by atomic mass is 79.9. The van der Waals surface area contributed by atoms with Crippen LogP contribution in [0.3, 0.4) is 0 Å². The van der Waals surface area contributed by atoms with E-state index in [4.69, 9.17) is 4.74 Å². The molecule has 1 unspecified atom stereocenters. The number of sulfonamides is 1. The highest BCUT2D eigenvalue weighted by Gasteiger charge is 2.43. The van der Waals surface area contributed by atoms with E-state index < -0.39 is 28.7 Å². The second kappa shape index (κ2) is 7.76. The Morgan fingerprint density at radius 1 is 1.21 bits per heavy atom. The Balaban J connectivity index is 1.96. The number of hydrogen-bond acceptors (Lipinski definition) is 3. The number of hydrogen-bond donors (Lipinski definition) is 2. The number of methoxy groups -OCH3 is 1. The third-order valence-corrected chi connectivity index (χ3v) is 6.19. The van der Waals surface area contributed by atoms with Gasteiger partial charge in [0.05, 0.1) is 7.11 Å². The summed E-state index contributed by atoms with van der Waals surface area (Å²) < 4.78 is 73.5. The summed E-state index contributed by atoms with van der Waals surface area (Å²) in [5, 5.41) is 0.607. The second-order valence-electron chi connectivity index (χ2n) is 6.07. The highest BCUT2D eigenvalue weighted by Crippen LogP contribution is 2.31. The lowest BCUT2D eigenvalue weighted by Crippen LogP contribution is -2.46. The van der Waals surface area contributed by atoms with Crippen molar-refractivity contribution in [2.24, 2.45) is 0 Å². The van der Waals surface area contributed by atoms with E-state index in [1.807, 2.05) is 0 Å². The molecular weight excluding hydrogens is 461 g/mol. The van der Waals surface area contributed by atoms with Crippen LogP contribution in [0.25, 0.3) is 10.9 Å². The molecular formula is C18H16BrF3N2O3S. The van der Waals surface area contributed by atoms with Crippen molar-refractivity contribution in [2.75, 3.05) is 7.11 Å². The molecule has 150 valence electrons. The first-order chi connectivity index (χ1) is 13.1. The number of ether oxygens (including phenoxy) is 1. The Morgan fingerprint density at radius 2 is 1.93 bits per heavy atom. The Kier molecular flexibility index (Phi) is 5.74. The maximum Gasteiger partial charge on any atom is 0.405 e. The minimum absolute atomic E-state index is 0.0521. The van der Waals surface area contributed by atoms with E-state index in [9.17, 15) is 21.6 Å². The van der Waals surface area contributed by atoms with Gasteiger partial charge in [0.25, 0.3) is 0 Å². The number of aromatic amines is 1. The average molecular weight is 477 g/mol. The SMILES string of the molecule is COc1ccc(Br)cc1S(=O)(=O)NC(Cc1c[nH]c2ccccc12)C(F)(F)F. The van der Waals surface area contributed by atoms with E-state index in [0.29, 0.717) is 20.9 Å². The summed E-state index contributed by atoms with van der Waals surface area (Å²) in [7, 11) is -3.25. The van der Waals surface area contributed by atoms with Gasteiger partial charge >= 0.3 is 6.18 Å². The standard InChI is InChI=1S/C18H16BrF3N2O3S/c1-27-15-7-6-12(19)9-16(15)28(25,26)24-17(18(20,21)22)8-11-10-23-14-5-3-2-4-13(11)14/h2-7,9-10,17,23-24H,8H2,1H3. The summed E-state index contributed by atoms with van der Waals surface area (Å²) in [5.74, 6) is -0.0521. The fraction of sp³-hybridized carbons (Fsp3) is 0.222. The van der Waals surface area contributed by atoms with Gasteiger partial charge in [0, 0.05) is 21.6 Å². The first-order valence-electron chi connectivity index (χ1n) is 8.09. The number of H-pyrrole nitrogens is 1. The second-order valence-corrected chi connectivity index (χ2v) is 8.67. The number of para-hydroxylation sites is 1. The molecule has 0 radical (unpaired) electrons. The largest absolute Gasteiger partial charge is 0.495 e. The zero-order chi connectivity index (χ0) is 20.5. The maximum absolute atomic E-state index is 13.6. The van der Waals surface area contributed by atoms with Crippen molar-refractivity contribution < 1.29 is 26.3 Å². The van der Waals surface area contributed by atoms with Crippen molar-refractivity contribution in [2.45, 2.75) is 23.5 Å². The molecule has 2 N–H and O–H groups in total. The van der Waals surface area contributed by atoms with Crippen LogP contribution >= 0.6 is 15.9 Å². The summed E-state index contributed by atoms with van der Waals surface area (Å²) in [4.78, 5) is 2.52. The molecule has 28 heavy (non-hydrogen) atoms. The summed E-state index contributed by atoms with van der Waals surface area (Å²) >= 11 is 3.13. The fourth-order valence-electron chi connectivity index (χ4n) is 2.86. The zero-order valence-corrected chi connectivity index (χ0v) is 17.0. The molecule has 0 aliphatic heterocycles. The third kappa shape index (κ3) is 4.34. The minimum atomic E-state index is -4.79. The Bertz CT molecular complexity index is 1100. The van der Waals surface area contributed by atoms with Crippen LogP contribution in [0.2, 0.25) is 0 Å². The number of benzene rings is 2. The molecule has 0 amide bonds. The number of nitrogens with one attached hydrogen (secondary N) is 2. The quantitative estimate of drug-likeness (QED) is 0.554. The molecule has 1 aromatic heterocycles. The Labute approximate surface area is 168 Å². The molecule has 0 bridgehead atoms. The van der Waals surface area contributed by atoms with Crippen molar-refractivity contribution in [3.63, 3.8) is 0 Å². The van der Waals surface area contributed by atoms with E-state index in [-0.39, 0.29) is 10.6 Å². The highest BCUT2D eigenvalue weighted by molar-refractivity contribution is 9.10. The number of aromatic nitrogens is 1. The van der Waals surface area contributed by atoms with E-state index in [1.165, 1.54) is 31.5 Å². The van der Waals surface area contributed by atoms with Crippen molar-refractivity contribution in [1.29, 1.82) is 0 Å². The van der Waals surface area contributed by atoms with Crippen LogP contribution in [0.5, 0.6) is 5.75 Å². The third-order valence-electron chi connectivity index (χ3n) is 4.21. The first kappa shape index (κ1) is 20.7. The van der Waals surface area contributed by atoms with Gasteiger partial charge in [-0.05, 0) is 36.2 Å². The van der Waals surface area contributed by atoms with Crippen LogP contribution in [0, 0.1) is 0 Å². The van der Waals surface area contributed by atoms with Crippen molar-refractivity contribution in [3.8, 4) is 5.75 Å². The molecule has 0 saturated heterocycles. The van der Waals surface area contributed by atoms with Gasteiger partial charge in [-0.2, -0.15) is 17.9 Å². The van der Waals surface area contributed by atoms with Gasteiger partial charge in [0.1, 0.15) is 16.7 Å². The van der Waals surface area contributed by atoms with Crippen LogP contribution in [-0.2, 0) is 16.4 Å². The number of alkyl halides is 3. The summed E-state index contributed by atoms with van der Waals surface area (Å²) in [6, 6.07) is 8.66. The minimum Gasteiger partial charge on any atom is -0.495 e. The van der Waals surface area contributed by atoms with E-state index in [0.717, 1.165) is 0 Å². The fourth-order valence-corrected chi connectivity index (χ4v) is 4.79. The summed E-state index contributed by atoms with van der Waals surface area (Å²) in [6.07, 6.45) is -3.88. The zero-order valence-electron chi connectivity index (χ0n) is 14.5. The van der Waals surface area contributed by atoms with Gasteiger partial charge < -0.3 is 9.72 Å². The molecule has 1 heterocycles. The molecule has 1 atom stereocenters. The molecule has 0 saturated carbocycles. The molecule has 3 rings (SSSR count). The average Bonchev–Trinajstić information content (AvgIpc) is 3.03. The smallest absolute Gasteiger partial charge is 0.405 e. The number of halogens is 4. The predicted octanol–water partition coefficient (Wildman–Crippen LogP) is 4.39. The monoisotopic (exact) mass is 476 g/mol. The topological polar surface area (TPSA) is 71.2 Å². The van der Waals surface area contributed by atoms with Crippen LogP contribution in [-0.4, -0.2) is 32.7 Å². The molecule has 5 nitrogen and oxygen atoms in total. The van der Waals surface area contributed by atoms with E-state index >= 15 is 0 Å². The maximum atomic E-state index is 13.6. The van der Waals surface area contributed by atoms with Crippen molar-refractivity contribution >= 4 is 36.9 Å². The van der Waals surface area contributed by atoms with Gasteiger partial charge in [-0.3, -0.25) is 0 Å². The molecule has 0 fully saturated rings. The Hall–Kier alpha value is -2.04. The Morgan fingerprint density at radius 3 is 2.61 bits per heavy atom. The molecule has 0 aliphatic rings. The van der Waals surface area contributed by atoms with Crippen LogP contribution < -0.4 is 9.46 Å². The summed E-state index contributed by atoms with van der Waals surface area (Å²) in [6.45, 7) is 0. The molecule has 0 aliphatic carbocycles. The number of fused-ring (bicyclic) bond motifs is 1. The van der Waals surface area contributed by atoms with Crippen molar-refractivity contribution in [1.82, 2.24) is 9.71 Å². The van der Waals surface area contributed by atoms with E-state index in [2.05, 4.69) is 20.9 Å². The lowest BCUT2D eigenvalue weighted by Gasteiger charge is -2.22. The molecule has 3 aromatic rings. The van der Waals surface area contributed by atoms with Crippen molar-refractivity contribution in [3.05, 3.63) is 58.7 Å². The first-order valence-corrected chi connectivity index (χ1v) is 10.4. The molecule has 0 spiro atoms.